The van der Waals surface area contributed by atoms with Crippen LogP contribution in [0.1, 0.15) is 73.7 Å². The number of hydrogen-bond donors (Lipinski definition) is 1. The van der Waals surface area contributed by atoms with Gasteiger partial charge in [-0.3, -0.25) is 0 Å². The number of azide groups is 1. The summed E-state index contributed by atoms with van der Waals surface area (Å²) in [5.41, 5.74) is 18.6. The molecule has 0 saturated heterocycles. The summed E-state index contributed by atoms with van der Waals surface area (Å²) in [5, 5.41) is 32.3. The maximum atomic E-state index is 9.00. The summed E-state index contributed by atoms with van der Waals surface area (Å²) in [4.78, 5) is 12.4. The molecule has 61 heavy (non-hydrogen) atoms. The van der Waals surface area contributed by atoms with Crippen LogP contribution in [0.2, 0.25) is 10.3 Å². The Morgan fingerprint density at radius 3 is 1.74 bits per heavy atom. The number of imidazole rings is 2. The second-order valence-electron chi connectivity index (χ2n) is 14.7. The third kappa shape index (κ3) is 9.09. The Hall–Kier alpha value is -6.67. The van der Waals surface area contributed by atoms with Crippen LogP contribution < -0.4 is 0 Å². The minimum Gasteiger partial charge on any atom is -0.326 e. The molecular formula is C44H43Cl2N15. The lowest BCUT2D eigenvalue weighted by Gasteiger charge is -2.15. The Kier molecular flexibility index (Phi) is 12.9. The van der Waals surface area contributed by atoms with Gasteiger partial charge in [0.15, 0.2) is 22.0 Å². The van der Waals surface area contributed by atoms with Crippen LogP contribution in [0.4, 0.5) is 0 Å². The zero-order chi connectivity index (χ0) is 42.1. The third-order valence-electron chi connectivity index (χ3n) is 10.7. The van der Waals surface area contributed by atoms with E-state index in [1.54, 1.807) is 4.68 Å². The van der Waals surface area contributed by atoms with Crippen LogP contribution in [-0.2, 0) is 39.0 Å². The van der Waals surface area contributed by atoms with E-state index < -0.39 is 0 Å². The average Bonchev–Trinajstić information content (AvgIpc) is 4.11. The lowest BCUT2D eigenvalue weighted by atomic mass is 9.98. The average molecular weight is 853 g/mol. The van der Waals surface area contributed by atoms with Crippen molar-refractivity contribution in [1.29, 1.82) is 0 Å². The first kappa shape index (κ1) is 41.1. The monoisotopic (exact) mass is 851 g/mol. The molecule has 0 aliphatic heterocycles. The molecule has 4 aromatic carbocycles. The number of aromatic nitrogens is 12. The fourth-order valence-corrected chi connectivity index (χ4v) is 8.09. The molecule has 8 aromatic rings. The second kappa shape index (κ2) is 19.1. The molecule has 0 fully saturated rings. The van der Waals surface area contributed by atoms with Crippen LogP contribution in [-0.4, -0.2) is 59.9 Å². The Morgan fingerprint density at radius 1 is 0.639 bits per heavy atom. The maximum Gasteiger partial charge on any atom is 0.183 e. The Bertz CT molecular complexity index is 2760. The van der Waals surface area contributed by atoms with Gasteiger partial charge in [0.25, 0.3) is 0 Å². The molecule has 0 radical (unpaired) electrons. The van der Waals surface area contributed by atoms with Crippen molar-refractivity contribution < 1.29 is 0 Å². The van der Waals surface area contributed by atoms with Crippen LogP contribution in [0.15, 0.2) is 102 Å². The highest BCUT2D eigenvalue weighted by molar-refractivity contribution is 6.30. The number of tetrazole rings is 2. The quantitative estimate of drug-likeness (QED) is 0.0502. The summed E-state index contributed by atoms with van der Waals surface area (Å²) in [7, 11) is 0. The Labute approximate surface area is 362 Å². The van der Waals surface area contributed by atoms with Gasteiger partial charge in [0, 0.05) is 42.0 Å². The minimum absolute atomic E-state index is 0.133. The number of benzene rings is 4. The van der Waals surface area contributed by atoms with Crippen molar-refractivity contribution in [2.75, 3.05) is 0 Å². The van der Waals surface area contributed by atoms with Gasteiger partial charge in [0.05, 0.1) is 24.5 Å². The van der Waals surface area contributed by atoms with E-state index in [0.717, 1.165) is 100 Å². The highest BCUT2D eigenvalue weighted by atomic mass is 35.5. The third-order valence-corrected chi connectivity index (χ3v) is 11.3. The van der Waals surface area contributed by atoms with Gasteiger partial charge in [0.1, 0.15) is 11.6 Å². The number of rotatable bonds is 18. The van der Waals surface area contributed by atoms with Crippen molar-refractivity contribution >= 4 is 23.2 Å². The zero-order valence-corrected chi connectivity index (χ0v) is 35.3. The summed E-state index contributed by atoms with van der Waals surface area (Å²) in [5.74, 6) is 3.03. The molecule has 0 aliphatic carbocycles. The molecule has 0 atom stereocenters. The first-order valence-corrected chi connectivity index (χ1v) is 21.1. The Morgan fingerprint density at radius 2 is 1.18 bits per heavy atom. The van der Waals surface area contributed by atoms with E-state index in [1.165, 1.54) is 0 Å². The summed E-state index contributed by atoms with van der Waals surface area (Å²) in [6, 6.07) is 33.0. The molecule has 0 unspecified atom stereocenters. The number of halogens is 2. The topological polar surface area (TPSA) is 182 Å². The summed E-state index contributed by atoms with van der Waals surface area (Å²) >= 11 is 13.5. The van der Waals surface area contributed by atoms with Gasteiger partial charge >= 0.3 is 0 Å². The standard InChI is InChI=1S/C44H43Cl2N15/c1-3-5-15-39-49-41(45)37(25-48-54-47)59(39)26-29-19-23-32(24-20-29)34-12-8-10-14-36(34)44-53-57-58-61(44)28-38-42(46)50-40(16-6-4-2)60(38)27-30-17-21-31(22-18-30)33-11-7-9-13-35(33)43-51-55-56-52-43/h7-14,17-24H,3-6,15-16,25-28H2,1-2H3,(H,51,52,55,56). The molecule has 8 rings (SSSR count). The minimum atomic E-state index is 0.133. The summed E-state index contributed by atoms with van der Waals surface area (Å²) in [6.45, 7) is 5.88. The first-order valence-electron chi connectivity index (χ1n) is 20.3. The van der Waals surface area contributed by atoms with Crippen LogP contribution in [0, 0.1) is 0 Å². The number of H-pyrrole nitrogens is 1. The van der Waals surface area contributed by atoms with Gasteiger partial charge in [0.2, 0.25) is 0 Å². The lowest BCUT2D eigenvalue weighted by molar-refractivity contribution is 0.595. The van der Waals surface area contributed by atoms with E-state index in [9.17, 15) is 0 Å². The number of aromatic amines is 1. The SMILES string of the molecule is CCCCc1nc(Cl)c(CN=[N+]=[N-])n1Cc1ccc(-c2ccccc2-c2nnnn2Cc2c(Cl)nc(CCCC)n2Cc2ccc(-c3ccccc3-c3nnn[nH]3)cc2)cc1. The van der Waals surface area contributed by atoms with Crippen molar-refractivity contribution in [3.63, 3.8) is 0 Å². The highest BCUT2D eigenvalue weighted by Gasteiger charge is 2.22. The molecule has 0 bridgehead atoms. The van der Waals surface area contributed by atoms with Crippen molar-refractivity contribution in [2.24, 2.45) is 5.11 Å². The van der Waals surface area contributed by atoms with Gasteiger partial charge < -0.3 is 9.13 Å². The van der Waals surface area contributed by atoms with Gasteiger partial charge in [-0.2, -0.15) is 0 Å². The van der Waals surface area contributed by atoms with Gasteiger partial charge in [-0.1, -0.05) is 152 Å². The summed E-state index contributed by atoms with van der Waals surface area (Å²) < 4.78 is 6.07. The number of unbranched alkanes of at least 4 members (excludes halogenated alkanes) is 2. The molecule has 17 heteroatoms. The zero-order valence-electron chi connectivity index (χ0n) is 33.8. The Balaban J connectivity index is 1.06. The van der Waals surface area contributed by atoms with E-state index >= 15 is 0 Å². The van der Waals surface area contributed by atoms with Crippen molar-refractivity contribution in [2.45, 2.75) is 78.6 Å². The van der Waals surface area contributed by atoms with Crippen LogP contribution in [0.3, 0.4) is 0 Å². The van der Waals surface area contributed by atoms with Gasteiger partial charge in [-0.15, -0.1) is 10.2 Å². The molecule has 0 amide bonds. The molecule has 0 spiro atoms. The normalized spacial score (nSPS) is 11.3. The van der Waals surface area contributed by atoms with Crippen molar-refractivity contribution in [3.8, 4) is 45.0 Å². The fraction of sp³-hybridized carbons (Fsp3) is 0.273. The van der Waals surface area contributed by atoms with Gasteiger partial charge in [-0.25, -0.2) is 19.7 Å². The second-order valence-corrected chi connectivity index (χ2v) is 15.4. The van der Waals surface area contributed by atoms with Crippen LogP contribution in [0.25, 0.3) is 55.5 Å². The molecular weight excluding hydrogens is 809 g/mol. The van der Waals surface area contributed by atoms with Crippen molar-refractivity contribution in [3.05, 3.63) is 152 Å². The lowest BCUT2D eigenvalue weighted by Crippen LogP contribution is -2.14. The van der Waals surface area contributed by atoms with E-state index in [0.29, 0.717) is 47.3 Å². The molecule has 0 aliphatic rings. The number of aryl methyl sites for hydroxylation is 2. The van der Waals surface area contributed by atoms with Crippen molar-refractivity contribution in [1.82, 2.24) is 59.9 Å². The summed E-state index contributed by atoms with van der Waals surface area (Å²) in [6.07, 6.45) is 5.59. The van der Waals surface area contributed by atoms with Crippen LogP contribution >= 0.6 is 23.2 Å². The highest BCUT2D eigenvalue weighted by Crippen LogP contribution is 2.33. The molecule has 308 valence electrons. The predicted octanol–water partition coefficient (Wildman–Crippen LogP) is 10.2. The number of nitrogens with one attached hydrogen (secondary N) is 1. The fourth-order valence-electron chi connectivity index (χ4n) is 7.57. The number of hydrogen-bond acceptors (Lipinski definition) is 9. The number of nitrogens with zero attached hydrogens (tertiary/aromatic N) is 14. The van der Waals surface area contributed by atoms with Crippen LogP contribution in [0.5, 0.6) is 0 Å². The van der Waals surface area contributed by atoms with Gasteiger partial charge in [-0.05, 0) is 72.6 Å². The molecule has 4 aromatic heterocycles. The van der Waals surface area contributed by atoms with E-state index in [-0.39, 0.29) is 6.54 Å². The molecule has 1 N–H and O–H groups in total. The maximum absolute atomic E-state index is 9.00. The van der Waals surface area contributed by atoms with E-state index in [1.807, 2.05) is 36.4 Å². The molecule has 15 nitrogen and oxygen atoms in total. The van der Waals surface area contributed by atoms with E-state index in [4.69, 9.17) is 33.7 Å². The molecule has 0 saturated carbocycles. The smallest absolute Gasteiger partial charge is 0.183 e. The largest absolute Gasteiger partial charge is 0.326 e. The predicted molar refractivity (Wildman–Crippen MR) is 236 cm³/mol. The molecule has 4 heterocycles. The first-order chi connectivity index (χ1) is 29.9. The van der Waals surface area contributed by atoms with E-state index in [2.05, 4.69) is 135 Å².